The maximum atomic E-state index is 13.8. The van der Waals surface area contributed by atoms with Crippen molar-refractivity contribution in [2.24, 2.45) is 7.05 Å². The largest absolute Gasteiger partial charge is 0.336 e. The molecule has 2 aromatic carbocycles. The minimum atomic E-state index is -0.891. The van der Waals surface area contributed by atoms with Crippen LogP contribution in [0.5, 0.6) is 0 Å². The van der Waals surface area contributed by atoms with Gasteiger partial charge in [-0.2, -0.15) is 5.10 Å². The van der Waals surface area contributed by atoms with E-state index in [1.165, 1.54) is 0 Å². The molecule has 0 bridgehead atoms. The lowest BCUT2D eigenvalue weighted by atomic mass is 9.74. The maximum absolute atomic E-state index is 13.8. The second kappa shape index (κ2) is 6.28. The minimum Gasteiger partial charge on any atom is -0.336 e. The number of fused-ring (bicyclic) bond motifs is 3. The van der Waals surface area contributed by atoms with Crippen molar-refractivity contribution in [1.82, 2.24) is 24.6 Å². The second-order valence-corrected chi connectivity index (χ2v) is 8.14. The number of H-pyrrole nitrogens is 1. The molecule has 2 aliphatic heterocycles. The SMILES string of the molecule is Cn1ccnc1C1N(C(=O)c2n[nH]c3ccccc23)CCC12C(=O)Nc1ccccc12. The molecule has 2 aliphatic rings. The first-order chi connectivity index (χ1) is 15.1. The fourth-order valence-corrected chi connectivity index (χ4v) is 5.17. The molecule has 2 amide bonds. The van der Waals surface area contributed by atoms with Crippen molar-refractivity contribution in [3.8, 4) is 0 Å². The number of aromatic nitrogens is 4. The van der Waals surface area contributed by atoms with Crippen LogP contribution in [0.4, 0.5) is 5.69 Å². The molecule has 0 aliphatic carbocycles. The van der Waals surface area contributed by atoms with Gasteiger partial charge in [-0.15, -0.1) is 0 Å². The number of para-hydroxylation sites is 2. The third-order valence-corrected chi connectivity index (χ3v) is 6.62. The minimum absolute atomic E-state index is 0.0936. The van der Waals surface area contributed by atoms with E-state index < -0.39 is 11.5 Å². The maximum Gasteiger partial charge on any atom is 0.275 e. The summed E-state index contributed by atoms with van der Waals surface area (Å²) in [4.78, 5) is 33.5. The number of hydrogen-bond donors (Lipinski definition) is 2. The van der Waals surface area contributed by atoms with E-state index in [1.54, 1.807) is 11.1 Å². The Morgan fingerprint density at radius 2 is 1.97 bits per heavy atom. The van der Waals surface area contributed by atoms with Crippen molar-refractivity contribution in [2.75, 3.05) is 11.9 Å². The number of nitrogens with one attached hydrogen (secondary N) is 2. The molecule has 4 heterocycles. The molecule has 1 spiro atoms. The smallest absolute Gasteiger partial charge is 0.275 e. The van der Waals surface area contributed by atoms with E-state index in [0.29, 0.717) is 24.5 Å². The summed E-state index contributed by atoms with van der Waals surface area (Å²) in [5.41, 5.74) is 1.98. The Kier molecular flexibility index (Phi) is 3.62. The Labute approximate surface area is 177 Å². The van der Waals surface area contributed by atoms with Gasteiger partial charge in [-0.3, -0.25) is 14.7 Å². The van der Waals surface area contributed by atoms with Crippen LogP contribution in [0, 0.1) is 0 Å². The van der Waals surface area contributed by atoms with E-state index >= 15 is 0 Å². The lowest BCUT2D eigenvalue weighted by Crippen LogP contribution is -2.43. The molecule has 2 aromatic heterocycles. The van der Waals surface area contributed by atoms with Gasteiger partial charge in [0, 0.05) is 37.1 Å². The fourth-order valence-electron chi connectivity index (χ4n) is 5.17. The molecule has 1 saturated heterocycles. The van der Waals surface area contributed by atoms with E-state index in [2.05, 4.69) is 20.5 Å². The van der Waals surface area contributed by atoms with Crippen molar-refractivity contribution in [1.29, 1.82) is 0 Å². The van der Waals surface area contributed by atoms with Gasteiger partial charge in [-0.25, -0.2) is 4.98 Å². The predicted molar refractivity (Wildman–Crippen MR) is 114 cm³/mol. The molecule has 2 unspecified atom stereocenters. The van der Waals surface area contributed by atoms with Gasteiger partial charge in [-0.05, 0) is 24.1 Å². The summed E-state index contributed by atoms with van der Waals surface area (Å²) in [6.45, 7) is 0.430. The Morgan fingerprint density at radius 3 is 2.81 bits per heavy atom. The Morgan fingerprint density at radius 1 is 1.16 bits per heavy atom. The van der Waals surface area contributed by atoms with Crippen molar-refractivity contribution in [2.45, 2.75) is 17.9 Å². The summed E-state index contributed by atoms with van der Waals surface area (Å²) < 4.78 is 1.88. The number of aryl methyl sites for hydroxylation is 1. The molecular formula is C23H20N6O2. The third-order valence-electron chi connectivity index (χ3n) is 6.62. The van der Waals surface area contributed by atoms with Crippen molar-refractivity contribution >= 4 is 28.4 Å². The standard InChI is InChI=1S/C23H20N6O2/c1-28-13-11-24-20(28)19-23(15-7-3-5-9-17(15)25-22(23)31)10-12-29(19)21(30)18-14-6-2-4-8-16(14)26-27-18/h2-9,11,13,19H,10,12H2,1H3,(H,25,31)(H,26,27). The Balaban J connectivity index is 1.53. The van der Waals surface area contributed by atoms with Crippen LogP contribution in [-0.4, -0.2) is 43.0 Å². The van der Waals surface area contributed by atoms with Crippen LogP contribution in [0.3, 0.4) is 0 Å². The highest BCUT2D eigenvalue weighted by Gasteiger charge is 2.60. The van der Waals surface area contributed by atoms with Crippen LogP contribution in [0.25, 0.3) is 10.9 Å². The van der Waals surface area contributed by atoms with E-state index in [-0.39, 0.29) is 11.8 Å². The Bertz CT molecular complexity index is 1350. The van der Waals surface area contributed by atoms with E-state index in [4.69, 9.17) is 0 Å². The van der Waals surface area contributed by atoms with Crippen LogP contribution in [0.15, 0.2) is 60.9 Å². The molecule has 0 radical (unpaired) electrons. The molecule has 6 rings (SSSR count). The number of benzene rings is 2. The zero-order chi connectivity index (χ0) is 21.2. The Hall–Kier alpha value is -3.94. The van der Waals surface area contributed by atoms with E-state index in [0.717, 1.165) is 22.2 Å². The molecule has 4 aromatic rings. The molecule has 1 fully saturated rings. The summed E-state index contributed by atoms with van der Waals surface area (Å²) >= 11 is 0. The van der Waals surface area contributed by atoms with Crippen molar-refractivity contribution in [3.63, 3.8) is 0 Å². The van der Waals surface area contributed by atoms with Gasteiger partial charge in [0.2, 0.25) is 5.91 Å². The van der Waals surface area contributed by atoms with Gasteiger partial charge < -0.3 is 14.8 Å². The highest BCUT2D eigenvalue weighted by Crippen LogP contribution is 2.54. The third kappa shape index (κ3) is 2.30. The van der Waals surface area contributed by atoms with Crippen molar-refractivity contribution in [3.05, 3.63) is 78.0 Å². The van der Waals surface area contributed by atoms with Crippen LogP contribution >= 0.6 is 0 Å². The zero-order valence-corrected chi connectivity index (χ0v) is 16.9. The number of rotatable bonds is 2. The topological polar surface area (TPSA) is 95.9 Å². The molecule has 8 nitrogen and oxygen atoms in total. The molecular weight excluding hydrogens is 392 g/mol. The van der Waals surface area contributed by atoms with Crippen molar-refractivity contribution < 1.29 is 9.59 Å². The number of nitrogens with zero attached hydrogens (tertiary/aromatic N) is 4. The van der Waals surface area contributed by atoms with Gasteiger partial charge in [0.1, 0.15) is 17.3 Å². The number of amides is 2. The number of aromatic amines is 1. The van der Waals surface area contributed by atoms with Gasteiger partial charge >= 0.3 is 0 Å². The summed E-state index contributed by atoms with van der Waals surface area (Å²) in [6, 6.07) is 14.7. The normalized spacial score (nSPS) is 22.3. The zero-order valence-electron chi connectivity index (χ0n) is 16.9. The monoisotopic (exact) mass is 412 g/mol. The fraction of sp³-hybridized carbons (Fsp3) is 0.217. The summed E-state index contributed by atoms with van der Waals surface area (Å²) in [5, 5.41) is 11.1. The first-order valence-electron chi connectivity index (χ1n) is 10.2. The molecule has 2 atom stereocenters. The average molecular weight is 412 g/mol. The molecule has 31 heavy (non-hydrogen) atoms. The number of hydrogen-bond acceptors (Lipinski definition) is 4. The lowest BCUT2D eigenvalue weighted by Gasteiger charge is -2.33. The van der Waals surface area contributed by atoms with Gasteiger partial charge in [-0.1, -0.05) is 36.4 Å². The second-order valence-electron chi connectivity index (χ2n) is 8.14. The first-order valence-corrected chi connectivity index (χ1v) is 10.2. The lowest BCUT2D eigenvalue weighted by molar-refractivity contribution is -0.121. The van der Waals surface area contributed by atoms with Gasteiger partial charge in [0.25, 0.3) is 5.91 Å². The molecule has 8 heteroatoms. The number of anilines is 1. The number of carbonyl (C=O) groups is 2. The predicted octanol–water partition coefficient (Wildman–Crippen LogP) is 2.77. The van der Waals surface area contributed by atoms with Crippen LogP contribution in [-0.2, 0) is 17.3 Å². The van der Waals surface area contributed by atoms with Crippen LogP contribution in [0.2, 0.25) is 0 Å². The highest BCUT2D eigenvalue weighted by atomic mass is 16.2. The highest BCUT2D eigenvalue weighted by molar-refractivity contribution is 6.09. The first kappa shape index (κ1) is 17.9. The van der Waals surface area contributed by atoms with E-state index in [1.807, 2.05) is 66.3 Å². The average Bonchev–Trinajstić information content (AvgIpc) is 3.54. The number of imidazole rings is 1. The van der Waals surface area contributed by atoms with Gasteiger partial charge in [0.05, 0.1) is 5.52 Å². The molecule has 2 N–H and O–H groups in total. The van der Waals surface area contributed by atoms with Gasteiger partial charge in [0.15, 0.2) is 5.69 Å². The summed E-state index contributed by atoms with van der Waals surface area (Å²) in [5.74, 6) is 0.376. The molecule has 154 valence electrons. The summed E-state index contributed by atoms with van der Waals surface area (Å²) in [6.07, 6.45) is 4.06. The molecule has 0 saturated carbocycles. The number of likely N-dealkylation sites (tertiary alicyclic amines) is 1. The summed E-state index contributed by atoms with van der Waals surface area (Å²) in [7, 11) is 1.89. The van der Waals surface area contributed by atoms with Crippen LogP contribution in [0.1, 0.15) is 34.3 Å². The quantitative estimate of drug-likeness (QED) is 0.529. The van der Waals surface area contributed by atoms with Crippen LogP contribution < -0.4 is 5.32 Å². The van der Waals surface area contributed by atoms with E-state index in [9.17, 15) is 9.59 Å². The number of carbonyl (C=O) groups excluding carboxylic acids is 2.